The summed E-state index contributed by atoms with van der Waals surface area (Å²) >= 11 is 0. The van der Waals surface area contributed by atoms with E-state index in [9.17, 15) is 4.39 Å². The second-order valence-corrected chi connectivity index (χ2v) is 6.17. The fourth-order valence-corrected chi connectivity index (χ4v) is 3.68. The van der Waals surface area contributed by atoms with E-state index in [-0.39, 0.29) is 5.82 Å². The minimum Gasteiger partial charge on any atom is -0.339 e. The molecule has 3 heterocycles. The molecule has 2 unspecified atom stereocenters. The molecule has 5 heteroatoms. The predicted octanol–water partition coefficient (Wildman–Crippen LogP) is 2.95. The van der Waals surface area contributed by atoms with Gasteiger partial charge in [0.1, 0.15) is 5.82 Å². The van der Waals surface area contributed by atoms with Crippen LogP contribution in [0.5, 0.6) is 0 Å². The van der Waals surface area contributed by atoms with Gasteiger partial charge in [-0.2, -0.15) is 4.98 Å². The highest BCUT2D eigenvalue weighted by atomic mass is 19.1. The Bertz CT molecular complexity index is 630. The quantitative estimate of drug-likeness (QED) is 0.943. The molecule has 0 amide bonds. The number of hydrogen-bond donors (Lipinski definition) is 1. The zero-order valence-electron chi connectivity index (χ0n) is 11.8. The molecule has 2 aromatic rings. The van der Waals surface area contributed by atoms with Crippen molar-refractivity contribution >= 4 is 0 Å². The highest BCUT2D eigenvalue weighted by molar-refractivity contribution is 5.54. The molecule has 21 heavy (non-hydrogen) atoms. The van der Waals surface area contributed by atoms with E-state index in [4.69, 9.17) is 4.52 Å². The Balaban J connectivity index is 1.49. The fraction of sp³-hybridized carbons (Fsp3) is 0.500. The lowest BCUT2D eigenvalue weighted by Crippen LogP contribution is -2.38. The minimum absolute atomic E-state index is 0.315. The van der Waals surface area contributed by atoms with Crippen LogP contribution in [-0.2, 0) is 6.42 Å². The molecule has 2 aliphatic heterocycles. The second-order valence-electron chi connectivity index (χ2n) is 6.17. The van der Waals surface area contributed by atoms with E-state index in [1.807, 2.05) is 0 Å². The molecule has 0 saturated carbocycles. The fourth-order valence-electron chi connectivity index (χ4n) is 3.68. The standard InChI is InChI=1S/C16H18FN3O/c17-14-4-2-1-3-13(14)16-19-15(21-20-16)9-10-7-11-5-6-12(8-10)18-11/h1-4,10-12,18H,5-9H2. The lowest BCUT2D eigenvalue weighted by molar-refractivity contribution is 0.270. The Morgan fingerprint density at radius 1 is 1.19 bits per heavy atom. The van der Waals surface area contributed by atoms with Crippen LogP contribution in [0.2, 0.25) is 0 Å². The van der Waals surface area contributed by atoms with Gasteiger partial charge in [0.2, 0.25) is 11.7 Å². The molecule has 1 aromatic heterocycles. The van der Waals surface area contributed by atoms with Gasteiger partial charge >= 0.3 is 0 Å². The van der Waals surface area contributed by atoms with E-state index < -0.39 is 0 Å². The Kier molecular flexibility index (Phi) is 3.22. The maximum Gasteiger partial charge on any atom is 0.227 e. The predicted molar refractivity (Wildman–Crippen MR) is 76.1 cm³/mol. The molecule has 4 nitrogen and oxygen atoms in total. The Hall–Kier alpha value is -1.75. The Labute approximate surface area is 122 Å². The van der Waals surface area contributed by atoms with Crippen LogP contribution in [-0.4, -0.2) is 22.2 Å². The van der Waals surface area contributed by atoms with E-state index in [2.05, 4.69) is 15.5 Å². The van der Waals surface area contributed by atoms with Crippen molar-refractivity contribution in [3.63, 3.8) is 0 Å². The smallest absolute Gasteiger partial charge is 0.227 e. The maximum absolute atomic E-state index is 13.7. The van der Waals surface area contributed by atoms with Crippen molar-refractivity contribution in [1.29, 1.82) is 0 Å². The lowest BCUT2D eigenvalue weighted by atomic mass is 9.90. The van der Waals surface area contributed by atoms with E-state index in [0.717, 1.165) is 6.42 Å². The number of aromatic nitrogens is 2. The number of nitrogens with zero attached hydrogens (tertiary/aromatic N) is 2. The Morgan fingerprint density at radius 3 is 2.71 bits per heavy atom. The van der Waals surface area contributed by atoms with E-state index in [1.54, 1.807) is 18.2 Å². The molecule has 2 aliphatic rings. The highest BCUT2D eigenvalue weighted by Gasteiger charge is 2.34. The molecule has 0 aliphatic carbocycles. The maximum atomic E-state index is 13.7. The average Bonchev–Trinajstić information content (AvgIpc) is 3.06. The van der Waals surface area contributed by atoms with Gasteiger partial charge in [-0.15, -0.1) is 0 Å². The normalized spacial score (nSPS) is 28.0. The van der Waals surface area contributed by atoms with E-state index >= 15 is 0 Å². The van der Waals surface area contributed by atoms with Crippen molar-refractivity contribution in [2.24, 2.45) is 5.92 Å². The van der Waals surface area contributed by atoms with Gasteiger partial charge < -0.3 is 9.84 Å². The average molecular weight is 287 g/mol. The first-order chi connectivity index (χ1) is 10.3. The van der Waals surface area contributed by atoms with Gasteiger partial charge in [-0.05, 0) is 43.7 Å². The molecule has 2 atom stereocenters. The van der Waals surface area contributed by atoms with Crippen LogP contribution in [0.3, 0.4) is 0 Å². The molecule has 2 fully saturated rings. The number of hydrogen-bond acceptors (Lipinski definition) is 4. The lowest BCUT2D eigenvalue weighted by Gasteiger charge is -2.27. The number of piperidine rings is 1. The summed E-state index contributed by atoms with van der Waals surface area (Å²) in [6, 6.07) is 7.83. The SMILES string of the molecule is Fc1ccccc1-c1noc(CC2CC3CCC(C2)N3)n1. The number of benzene rings is 1. The third kappa shape index (κ3) is 2.58. The van der Waals surface area contributed by atoms with Crippen LogP contribution in [0.15, 0.2) is 28.8 Å². The molecule has 1 N–H and O–H groups in total. The van der Waals surface area contributed by atoms with Crippen molar-refractivity contribution in [2.45, 2.75) is 44.2 Å². The molecule has 1 aromatic carbocycles. The number of rotatable bonds is 3. The van der Waals surface area contributed by atoms with Crippen LogP contribution in [0.1, 0.15) is 31.6 Å². The van der Waals surface area contributed by atoms with Crippen molar-refractivity contribution in [1.82, 2.24) is 15.5 Å². The Morgan fingerprint density at radius 2 is 1.95 bits per heavy atom. The molecular formula is C16H18FN3O. The van der Waals surface area contributed by atoms with Crippen molar-refractivity contribution in [3.8, 4) is 11.4 Å². The van der Waals surface area contributed by atoms with Crippen molar-refractivity contribution in [3.05, 3.63) is 36.0 Å². The van der Waals surface area contributed by atoms with Gasteiger partial charge in [0, 0.05) is 18.5 Å². The molecule has 2 saturated heterocycles. The highest BCUT2D eigenvalue weighted by Crippen LogP contribution is 2.32. The zero-order chi connectivity index (χ0) is 14.2. The van der Waals surface area contributed by atoms with Gasteiger partial charge in [0.25, 0.3) is 0 Å². The first kappa shape index (κ1) is 13.0. The molecule has 0 spiro atoms. The first-order valence-corrected chi connectivity index (χ1v) is 7.61. The summed E-state index contributed by atoms with van der Waals surface area (Å²) < 4.78 is 19.0. The van der Waals surface area contributed by atoms with Gasteiger partial charge in [-0.1, -0.05) is 17.3 Å². The summed E-state index contributed by atoms with van der Waals surface area (Å²) in [6.45, 7) is 0. The monoisotopic (exact) mass is 287 g/mol. The molecule has 110 valence electrons. The first-order valence-electron chi connectivity index (χ1n) is 7.61. The van der Waals surface area contributed by atoms with Crippen LogP contribution < -0.4 is 5.32 Å². The van der Waals surface area contributed by atoms with Crippen LogP contribution in [0.25, 0.3) is 11.4 Å². The van der Waals surface area contributed by atoms with E-state index in [0.29, 0.717) is 35.3 Å². The third-order valence-electron chi connectivity index (χ3n) is 4.62. The van der Waals surface area contributed by atoms with Gasteiger partial charge in [-0.25, -0.2) is 4.39 Å². The van der Waals surface area contributed by atoms with E-state index in [1.165, 1.54) is 31.7 Å². The number of halogens is 1. The summed E-state index contributed by atoms with van der Waals surface area (Å²) in [7, 11) is 0. The minimum atomic E-state index is -0.315. The number of fused-ring (bicyclic) bond motifs is 2. The van der Waals surface area contributed by atoms with Gasteiger partial charge in [-0.3, -0.25) is 0 Å². The third-order valence-corrected chi connectivity index (χ3v) is 4.62. The van der Waals surface area contributed by atoms with Crippen molar-refractivity contribution in [2.75, 3.05) is 0 Å². The molecule has 0 radical (unpaired) electrons. The largest absolute Gasteiger partial charge is 0.339 e. The summed E-state index contributed by atoms with van der Waals surface area (Å²) in [5.41, 5.74) is 0.401. The summed E-state index contributed by atoms with van der Waals surface area (Å²) in [6.07, 6.45) is 5.72. The molecule has 2 bridgehead atoms. The summed E-state index contributed by atoms with van der Waals surface area (Å²) in [5.74, 6) is 1.25. The van der Waals surface area contributed by atoms with Crippen LogP contribution in [0.4, 0.5) is 4.39 Å². The van der Waals surface area contributed by atoms with Crippen LogP contribution in [0, 0.1) is 11.7 Å². The second kappa shape index (κ2) is 5.22. The van der Waals surface area contributed by atoms with Crippen molar-refractivity contribution < 1.29 is 8.91 Å². The summed E-state index contributed by atoms with van der Waals surface area (Å²) in [4.78, 5) is 4.37. The zero-order valence-corrected chi connectivity index (χ0v) is 11.8. The van der Waals surface area contributed by atoms with Gasteiger partial charge in [0.15, 0.2) is 0 Å². The molecule has 4 rings (SSSR count). The topological polar surface area (TPSA) is 51.0 Å². The molecular weight excluding hydrogens is 269 g/mol. The number of nitrogens with one attached hydrogen (secondary N) is 1. The van der Waals surface area contributed by atoms with Gasteiger partial charge in [0.05, 0.1) is 5.56 Å². The van der Waals surface area contributed by atoms with Crippen LogP contribution >= 0.6 is 0 Å². The summed E-state index contributed by atoms with van der Waals surface area (Å²) in [5, 5.41) is 7.55.